The Kier molecular flexibility index (Phi) is 8.57. The SMILES string of the molecule is O=C(O)C(F)(F)F.O=S(=O)(c1c(Cl)cc(NCC23CC(CO2)C3)cc1Cl)N1CCCC1CN1CCCC1. The van der Waals surface area contributed by atoms with Gasteiger partial charge >= 0.3 is 12.1 Å². The van der Waals surface area contributed by atoms with Crippen molar-refractivity contribution < 1.29 is 36.2 Å². The smallest absolute Gasteiger partial charge is 0.475 e. The number of benzene rings is 1. The Morgan fingerprint density at radius 2 is 1.73 bits per heavy atom. The maximum absolute atomic E-state index is 13.5. The molecule has 14 heteroatoms. The standard InChI is InChI=1S/C21H29Cl2N3O3S.C2HF3O2/c22-18-8-16(24-14-21-10-15(11-21)13-29-21)9-19(23)20(18)30(27,28)26-7-3-4-17(26)12-25-5-1-2-6-25;3-2(4,5)1(6)7/h8-9,15,17,24H,1-7,10-14H2;(H,6,7). The first-order chi connectivity index (χ1) is 17.3. The summed E-state index contributed by atoms with van der Waals surface area (Å²) in [5.41, 5.74) is 0.652. The van der Waals surface area contributed by atoms with Gasteiger partial charge in [0.15, 0.2) is 0 Å². The molecule has 1 atom stereocenters. The van der Waals surface area contributed by atoms with Crippen LogP contribution < -0.4 is 5.32 Å². The zero-order chi connectivity index (χ0) is 27.0. The van der Waals surface area contributed by atoms with Gasteiger partial charge in [0.2, 0.25) is 10.0 Å². The number of ether oxygens (including phenoxy) is 1. The van der Waals surface area contributed by atoms with Crippen molar-refractivity contribution >= 4 is 44.9 Å². The minimum absolute atomic E-state index is 0.0109. The molecular formula is C23H30Cl2F3N3O5S. The van der Waals surface area contributed by atoms with Crippen molar-refractivity contribution in [3.63, 3.8) is 0 Å². The molecule has 1 unspecified atom stereocenters. The van der Waals surface area contributed by atoms with Gasteiger partial charge in [0.05, 0.1) is 22.3 Å². The maximum atomic E-state index is 13.5. The zero-order valence-corrected chi connectivity index (χ0v) is 22.4. The lowest BCUT2D eigenvalue weighted by Gasteiger charge is -2.36. The molecule has 1 aromatic rings. The fourth-order valence-corrected chi connectivity index (χ4v) is 8.43. The second-order valence-corrected chi connectivity index (χ2v) is 12.8. The lowest BCUT2D eigenvalue weighted by molar-refractivity contribution is -0.192. The first-order valence-electron chi connectivity index (χ1n) is 12.2. The number of fused-ring (bicyclic) bond motifs is 1. The summed E-state index contributed by atoms with van der Waals surface area (Å²) in [5.74, 6) is -2.06. The number of carboxylic acid groups (broad SMARTS) is 1. The Hall–Kier alpha value is -1.31. The third kappa shape index (κ3) is 6.47. The minimum Gasteiger partial charge on any atom is -0.475 e. The molecule has 4 saturated heterocycles. The minimum atomic E-state index is -5.08. The van der Waals surface area contributed by atoms with Crippen molar-refractivity contribution in [2.75, 3.05) is 44.6 Å². The topological polar surface area (TPSA) is 99.2 Å². The Labute approximate surface area is 224 Å². The van der Waals surface area contributed by atoms with E-state index in [-0.39, 0.29) is 26.6 Å². The molecule has 4 heterocycles. The van der Waals surface area contributed by atoms with Crippen LogP contribution in [-0.4, -0.2) is 85.8 Å². The highest BCUT2D eigenvalue weighted by atomic mass is 35.5. The van der Waals surface area contributed by atoms with Crippen LogP contribution >= 0.6 is 23.2 Å². The molecule has 5 fully saturated rings. The number of carboxylic acids is 1. The molecule has 0 spiro atoms. The number of hydrogen-bond acceptors (Lipinski definition) is 6. The highest BCUT2D eigenvalue weighted by Gasteiger charge is 2.51. The summed E-state index contributed by atoms with van der Waals surface area (Å²) in [4.78, 5) is 11.3. The molecule has 208 valence electrons. The Morgan fingerprint density at radius 3 is 2.24 bits per heavy atom. The molecule has 0 aromatic heterocycles. The Balaban J connectivity index is 0.000000405. The second kappa shape index (κ2) is 11.1. The normalized spacial score (nSPS) is 28.0. The van der Waals surface area contributed by atoms with Gasteiger partial charge in [-0.2, -0.15) is 17.5 Å². The van der Waals surface area contributed by atoms with E-state index in [0.29, 0.717) is 19.0 Å². The molecule has 4 aliphatic heterocycles. The van der Waals surface area contributed by atoms with Crippen LogP contribution in [0.15, 0.2) is 17.0 Å². The van der Waals surface area contributed by atoms with E-state index in [1.54, 1.807) is 16.4 Å². The second-order valence-electron chi connectivity index (χ2n) is 10.1. The van der Waals surface area contributed by atoms with E-state index in [2.05, 4.69) is 10.2 Å². The summed E-state index contributed by atoms with van der Waals surface area (Å²) < 4.78 is 66.2. The van der Waals surface area contributed by atoms with E-state index in [9.17, 15) is 21.6 Å². The molecule has 1 saturated carbocycles. The lowest BCUT2D eigenvalue weighted by atomic mass is 9.74. The van der Waals surface area contributed by atoms with Crippen molar-refractivity contribution in [1.82, 2.24) is 9.21 Å². The summed E-state index contributed by atoms with van der Waals surface area (Å²) in [6.45, 7) is 4.95. The Morgan fingerprint density at radius 1 is 1.14 bits per heavy atom. The average molecular weight is 588 g/mol. The summed E-state index contributed by atoms with van der Waals surface area (Å²) in [6, 6.07) is 3.34. The van der Waals surface area contributed by atoms with Gasteiger partial charge in [0.25, 0.3) is 0 Å². The van der Waals surface area contributed by atoms with Crippen molar-refractivity contribution in [2.24, 2.45) is 5.92 Å². The lowest BCUT2D eigenvalue weighted by Crippen LogP contribution is -2.43. The predicted molar refractivity (Wildman–Crippen MR) is 133 cm³/mol. The van der Waals surface area contributed by atoms with E-state index in [1.165, 1.54) is 12.8 Å². The van der Waals surface area contributed by atoms with Gasteiger partial charge in [-0.15, -0.1) is 0 Å². The fraction of sp³-hybridized carbons (Fsp3) is 0.696. The monoisotopic (exact) mass is 587 g/mol. The van der Waals surface area contributed by atoms with Crippen LogP contribution in [0.5, 0.6) is 0 Å². The molecule has 0 amide bonds. The van der Waals surface area contributed by atoms with Crippen molar-refractivity contribution in [3.8, 4) is 0 Å². The first-order valence-corrected chi connectivity index (χ1v) is 14.4. The molecule has 2 N–H and O–H groups in total. The van der Waals surface area contributed by atoms with Crippen LogP contribution in [-0.2, 0) is 19.6 Å². The summed E-state index contributed by atoms with van der Waals surface area (Å²) >= 11 is 13.0. The molecular weight excluding hydrogens is 558 g/mol. The fourth-order valence-electron chi connectivity index (χ4n) is 5.58. The van der Waals surface area contributed by atoms with Crippen LogP contribution in [0.4, 0.5) is 18.9 Å². The highest BCUT2D eigenvalue weighted by Crippen LogP contribution is 2.48. The van der Waals surface area contributed by atoms with E-state index in [1.807, 2.05) is 0 Å². The average Bonchev–Trinajstić information content (AvgIpc) is 3.56. The number of likely N-dealkylation sites (tertiary alicyclic amines) is 1. The third-order valence-electron chi connectivity index (χ3n) is 7.36. The summed E-state index contributed by atoms with van der Waals surface area (Å²) in [5, 5.41) is 10.8. The number of nitrogens with one attached hydrogen (secondary N) is 1. The van der Waals surface area contributed by atoms with Gasteiger partial charge in [-0.1, -0.05) is 23.2 Å². The number of nitrogens with zero attached hydrogens (tertiary/aromatic N) is 2. The van der Waals surface area contributed by atoms with Gasteiger partial charge in [0.1, 0.15) is 4.90 Å². The van der Waals surface area contributed by atoms with Gasteiger partial charge in [-0.25, -0.2) is 13.2 Å². The molecule has 8 nitrogen and oxygen atoms in total. The highest BCUT2D eigenvalue weighted by molar-refractivity contribution is 7.89. The quantitative estimate of drug-likeness (QED) is 0.485. The van der Waals surface area contributed by atoms with E-state index < -0.39 is 22.2 Å². The number of aliphatic carboxylic acids is 1. The predicted octanol–water partition coefficient (Wildman–Crippen LogP) is 4.47. The molecule has 2 bridgehead atoms. The first kappa shape index (κ1) is 28.7. The number of halogens is 5. The van der Waals surface area contributed by atoms with Gasteiger partial charge in [-0.05, 0) is 69.7 Å². The van der Waals surface area contributed by atoms with E-state index >= 15 is 0 Å². The largest absolute Gasteiger partial charge is 0.490 e. The van der Waals surface area contributed by atoms with Crippen molar-refractivity contribution in [1.29, 1.82) is 0 Å². The van der Waals surface area contributed by atoms with Gasteiger partial charge in [-0.3, -0.25) is 0 Å². The van der Waals surface area contributed by atoms with E-state index in [0.717, 1.165) is 57.6 Å². The summed E-state index contributed by atoms with van der Waals surface area (Å²) in [6.07, 6.45) is 1.23. The maximum Gasteiger partial charge on any atom is 0.490 e. The van der Waals surface area contributed by atoms with Crippen LogP contribution in [0.3, 0.4) is 0 Å². The van der Waals surface area contributed by atoms with Gasteiger partial charge in [0, 0.05) is 31.4 Å². The number of hydrogen-bond donors (Lipinski definition) is 2. The van der Waals surface area contributed by atoms with E-state index in [4.69, 9.17) is 37.8 Å². The molecule has 37 heavy (non-hydrogen) atoms. The van der Waals surface area contributed by atoms with Gasteiger partial charge < -0.3 is 20.1 Å². The number of anilines is 1. The third-order valence-corrected chi connectivity index (χ3v) is 10.2. The Bertz CT molecular complexity index is 1080. The van der Waals surface area contributed by atoms with Crippen LogP contribution in [0.1, 0.15) is 38.5 Å². The number of carbonyl (C=O) groups is 1. The zero-order valence-electron chi connectivity index (χ0n) is 20.1. The molecule has 5 aliphatic rings. The number of alkyl halides is 3. The van der Waals surface area contributed by atoms with Crippen molar-refractivity contribution in [2.45, 2.75) is 61.2 Å². The molecule has 1 aliphatic carbocycles. The number of rotatable bonds is 7. The van der Waals surface area contributed by atoms with Crippen LogP contribution in [0.2, 0.25) is 10.0 Å². The van der Waals surface area contributed by atoms with Crippen LogP contribution in [0.25, 0.3) is 0 Å². The molecule has 0 radical (unpaired) electrons. The molecule has 6 rings (SSSR count). The number of sulfonamides is 1. The summed E-state index contributed by atoms with van der Waals surface area (Å²) in [7, 11) is -3.75. The van der Waals surface area contributed by atoms with Crippen molar-refractivity contribution in [3.05, 3.63) is 22.2 Å². The molecule has 1 aromatic carbocycles. The van der Waals surface area contributed by atoms with Crippen LogP contribution in [0, 0.1) is 5.92 Å².